The number of furan rings is 1. The van der Waals surface area contributed by atoms with Gasteiger partial charge in [0, 0.05) is 16.8 Å². The first kappa shape index (κ1) is 24.1. The number of carbonyl (C=O) groups is 2. The number of carbonyl (C=O) groups excluding carboxylic acids is 2. The Morgan fingerprint density at radius 1 is 1.03 bits per heavy atom. The number of alkyl halides is 3. The van der Waals surface area contributed by atoms with E-state index in [-0.39, 0.29) is 28.3 Å². The average Bonchev–Trinajstić information content (AvgIpc) is 3.22. The fraction of sp³-hybridized carbons (Fsp3) is 0.182. The van der Waals surface area contributed by atoms with Crippen LogP contribution in [-0.2, 0) is 20.9 Å². The van der Waals surface area contributed by atoms with Crippen LogP contribution in [0.5, 0.6) is 0 Å². The molecule has 1 unspecified atom stereocenters. The van der Waals surface area contributed by atoms with Crippen LogP contribution >= 0.6 is 0 Å². The molecule has 0 fully saturated rings. The molecule has 1 heterocycles. The van der Waals surface area contributed by atoms with Crippen molar-refractivity contribution in [1.82, 2.24) is 0 Å². The number of anilines is 1. The van der Waals surface area contributed by atoms with Crippen molar-refractivity contribution in [2.24, 2.45) is 0 Å². The molecule has 0 bridgehead atoms. The average molecular weight is 481 g/mol. The van der Waals surface area contributed by atoms with Gasteiger partial charge in [-0.1, -0.05) is 12.1 Å². The number of ketones is 1. The van der Waals surface area contributed by atoms with E-state index < -0.39 is 39.6 Å². The van der Waals surface area contributed by atoms with Gasteiger partial charge in [-0.25, -0.2) is 13.2 Å². The molecule has 2 aromatic carbocycles. The minimum atomic E-state index is -4.53. The maximum Gasteiger partial charge on any atom is 0.416 e. The summed E-state index contributed by atoms with van der Waals surface area (Å²) < 4.78 is 73.9. The van der Waals surface area contributed by atoms with E-state index in [1.165, 1.54) is 55.5 Å². The summed E-state index contributed by atoms with van der Waals surface area (Å²) in [4.78, 5) is 24.9. The van der Waals surface area contributed by atoms with E-state index in [1.54, 1.807) is 0 Å². The number of ether oxygens (including phenoxy) is 1. The van der Waals surface area contributed by atoms with Gasteiger partial charge >= 0.3 is 12.1 Å². The van der Waals surface area contributed by atoms with E-state index in [0.717, 1.165) is 18.4 Å². The SMILES string of the molecule is CC(OC(=O)c1ccc(-c2cccc(C(F)(F)F)c2)o1)C(=O)c1ccc(NS(C)(=O)=O)cc1. The van der Waals surface area contributed by atoms with E-state index >= 15 is 0 Å². The summed E-state index contributed by atoms with van der Waals surface area (Å²) >= 11 is 0. The van der Waals surface area contributed by atoms with E-state index in [9.17, 15) is 31.2 Å². The molecule has 1 atom stereocenters. The number of rotatable bonds is 7. The Balaban J connectivity index is 1.68. The summed E-state index contributed by atoms with van der Waals surface area (Å²) in [6.07, 6.45) is -4.74. The van der Waals surface area contributed by atoms with Crippen LogP contribution in [0, 0.1) is 0 Å². The lowest BCUT2D eigenvalue weighted by atomic mass is 10.1. The molecule has 0 aliphatic rings. The highest BCUT2D eigenvalue weighted by Crippen LogP contribution is 2.32. The molecule has 3 rings (SSSR count). The number of benzene rings is 2. The lowest BCUT2D eigenvalue weighted by Gasteiger charge is -2.12. The minimum Gasteiger partial charge on any atom is -0.449 e. The van der Waals surface area contributed by atoms with Crippen LogP contribution < -0.4 is 4.72 Å². The molecule has 1 aromatic heterocycles. The molecule has 0 aliphatic carbocycles. The van der Waals surface area contributed by atoms with Crippen molar-refractivity contribution in [3.05, 3.63) is 77.6 Å². The van der Waals surface area contributed by atoms with Crippen LogP contribution in [0.2, 0.25) is 0 Å². The number of halogens is 3. The van der Waals surface area contributed by atoms with Crippen LogP contribution in [0.4, 0.5) is 18.9 Å². The molecule has 7 nitrogen and oxygen atoms in total. The van der Waals surface area contributed by atoms with Crippen LogP contribution in [0.1, 0.15) is 33.4 Å². The standard InChI is InChI=1S/C22H18F3NO6S/c1-13(20(27)14-6-8-17(9-7-14)26-33(2,29)30)31-21(28)19-11-10-18(32-19)15-4-3-5-16(12-15)22(23,24)25/h3-13,26H,1-2H3. The van der Waals surface area contributed by atoms with Crippen LogP contribution in [0.25, 0.3) is 11.3 Å². The Bertz CT molecular complexity index is 1280. The van der Waals surface area contributed by atoms with Gasteiger partial charge in [0.25, 0.3) is 0 Å². The van der Waals surface area contributed by atoms with Gasteiger partial charge in [0.1, 0.15) is 5.76 Å². The molecular weight excluding hydrogens is 463 g/mol. The van der Waals surface area contributed by atoms with Gasteiger partial charge in [0.2, 0.25) is 21.6 Å². The minimum absolute atomic E-state index is 0.0287. The highest BCUT2D eigenvalue weighted by Gasteiger charge is 2.31. The zero-order valence-electron chi connectivity index (χ0n) is 17.3. The predicted octanol–water partition coefficient (Wildman–Crippen LogP) is 4.77. The largest absolute Gasteiger partial charge is 0.449 e. The fourth-order valence-corrected chi connectivity index (χ4v) is 3.44. The lowest BCUT2D eigenvalue weighted by Crippen LogP contribution is -2.24. The summed E-state index contributed by atoms with van der Waals surface area (Å²) in [5, 5.41) is 0. The quantitative estimate of drug-likeness (QED) is 0.385. The molecule has 11 heteroatoms. The van der Waals surface area contributed by atoms with Gasteiger partial charge in [-0.05, 0) is 55.5 Å². The summed E-state index contributed by atoms with van der Waals surface area (Å²) in [7, 11) is -3.47. The second-order valence-corrected chi connectivity index (χ2v) is 8.85. The maximum absolute atomic E-state index is 12.9. The Hall–Kier alpha value is -3.60. The second-order valence-electron chi connectivity index (χ2n) is 7.11. The van der Waals surface area contributed by atoms with Crippen molar-refractivity contribution in [1.29, 1.82) is 0 Å². The zero-order valence-corrected chi connectivity index (χ0v) is 18.2. The third-order valence-electron chi connectivity index (χ3n) is 4.41. The van der Waals surface area contributed by atoms with Crippen molar-refractivity contribution >= 4 is 27.5 Å². The van der Waals surface area contributed by atoms with Crippen LogP contribution in [-0.4, -0.2) is 32.5 Å². The normalized spacial score (nSPS) is 12.8. The number of hydrogen-bond acceptors (Lipinski definition) is 6. The van der Waals surface area contributed by atoms with Crippen LogP contribution in [0.15, 0.2) is 65.1 Å². The number of Topliss-reactive ketones (excluding diaryl/α,β-unsaturated/α-hetero) is 1. The number of sulfonamides is 1. The van der Waals surface area contributed by atoms with E-state index in [1.807, 2.05) is 0 Å². The maximum atomic E-state index is 12.9. The Labute approximate surface area is 187 Å². The molecule has 0 amide bonds. The van der Waals surface area contributed by atoms with Crippen molar-refractivity contribution in [2.75, 3.05) is 11.0 Å². The van der Waals surface area contributed by atoms with Crippen LogP contribution in [0.3, 0.4) is 0 Å². The molecule has 0 aliphatic heterocycles. The number of hydrogen-bond donors (Lipinski definition) is 1. The molecule has 174 valence electrons. The highest BCUT2D eigenvalue weighted by atomic mass is 32.2. The van der Waals surface area contributed by atoms with Gasteiger partial charge < -0.3 is 9.15 Å². The van der Waals surface area contributed by atoms with Gasteiger partial charge in [-0.3, -0.25) is 9.52 Å². The monoisotopic (exact) mass is 481 g/mol. The van der Waals surface area contributed by atoms with E-state index in [2.05, 4.69) is 4.72 Å². The lowest BCUT2D eigenvalue weighted by molar-refractivity contribution is -0.137. The molecule has 3 aromatic rings. The predicted molar refractivity (Wildman–Crippen MR) is 113 cm³/mol. The topological polar surface area (TPSA) is 103 Å². The van der Waals surface area contributed by atoms with Crippen molar-refractivity contribution < 1.29 is 40.3 Å². The Morgan fingerprint density at radius 2 is 1.70 bits per heavy atom. The first-order valence-corrected chi connectivity index (χ1v) is 11.3. The zero-order chi connectivity index (χ0) is 24.4. The van der Waals surface area contributed by atoms with Gasteiger partial charge in [-0.2, -0.15) is 13.2 Å². The van der Waals surface area contributed by atoms with Gasteiger partial charge in [-0.15, -0.1) is 0 Å². The molecule has 1 N–H and O–H groups in total. The van der Waals surface area contributed by atoms with Crippen molar-refractivity contribution in [2.45, 2.75) is 19.2 Å². The smallest absolute Gasteiger partial charge is 0.416 e. The summed E-state index contributed by atoms with van der Waals surface area (Å²) in [6.45, 7) is 1.35. The highest BCUT2D eigenvalue weighted by molar-refractivity contribution is 7.92. The number of esters is 1. The summed E-state index contributed by atoms with van der Waals surface area (Å²) in [6, 6.07) is 12.5. The van der Waals surface area contributed by atoms with E-state index in [4.69, 9.17) is 9.15 Å². The van der Waals surface area contributed by atoms with Crippen molar-refractivity contribution in [3.8, 4) is 11.3 Å². The molecule has 0 spiro atoms. The molecular formula is C22H18F3NO6S. The number of nitrogens with one attached hydrogen (secondary N) is 1. The third-order valence-corrected chi connectivity index (χ3v) is 5.01. The third kappa shape index (κ3) is 6.22. The van der Waals surface area contributed by atoms with E-state index in [0.29, 0.717) is 0 Å². The van der Waals surface area contributed by atoms with Crippen molar-refractivity contribution in [3.63, 3.8) is 0 Å². The summed E-state index contributed by atoms with van der Waals surface area (Å²) in [5.41, 5.74) is -0.303. The Morgan fingerprint density at radius 3 is 2.30 bits per heavy atom. The fourth-order valence-electron chi connectivity index (χ4n) is 2.87. The summed E-state index contributed by atoms with van der Waals surface area (Å²) in [5.74, 6) is -1.76. The molecule has 0 radical (unpaired) electrons. The first-order chi connectivity index (χ1) is 15.3. The molecule has 0 saturated carbocycles. The second kappa shape index (κ2) is 9.10. The molecule has 33 heavy (non-hydrogen) atoms. The first-order valence-electron chi connectivity index (χ1n) is 9.44. The van der Waals surface area contributed by atoms with Gasteiger partial charge in [0.15, 0.2) is 6.10 Å². The molecule has 0 saturated heterocycles. The van der Waals surface area contributed by atoms with Gasteiger partial charge in [0.05, 0.1) is 11.8 Å². The Kier molecular flexibility index (Phi) is 6.63.